The second-order valence-electron chi connectivity index (χ2n) is 3.26. The largest absolute Gasteiger partial charge is 0.276 e. The molecule has 0 aromatic heterocycles. The highest BCUT2D eigenvalue weighted by Gasteiger charge is 2.05. The summed E-state index contributed by atoms with van der Waals surface area (Å²) in [5.41, 5.74) is 1.51. The third-order valence-electron chi connectivity index (χ3n) is 2.34. The number of fused-ring (bicyclic) bond motifs is 1. The van der Waals surface area contributed by atoms with E-state index in [-0.39, 0.29) is 0 Å². The van der Waals surface area contributed by atoms with Crippen LogP contribution in [0, 0.1) is 0 Å². The Morgan fingerprint density at radius 3 is 2.67 bits per heavy atom. The van der Waals surface area contributed by atoms with Crippen molar-refractivity contribution in [2.75, 3.05) is 0 Å². The molecular weight excluding hydrogens is 231 g/mol. The highest BCUT2D eigenvalue weighted by molar-refractivity contribution is 6.67. The highest BCUT2D eigenvalue weighted by Crippen LogP contribution is 2.22. The molecular formula is C12H8Cl2O. The van der Waals surface area contributed by atoms with Crippen molar-refractivity contribution >= 4 is 39.2 Å². The van der Waals surface area contributed by atoms with Crippen LogP contribution < -0.4 is 0 Å². The van der Waals surface area contributed by atoms with Crippen molar-refractivity contribution in [3.05, 3.63) is 47.5 Å². The number of halogens is 2. The van der Waals surface area contributed by atoms with Crippen molar-refractivity contribution in [2.45, 2.75) is 5.88 Å². The first-order valence-electron chi connectivity index (χ1n) is 4.50. The third kappa shape index (κ3) is 1.99. The average Bonchev–Trinajstić information content (AvgIpc) is 2.27. The number of alkyl halides is 1. The molecule has 1 nitrogen and oxygen atoms in total. The van der Waals surface area contributed by atoms with Crippen LogP contribution in [-0.2, 0) is 5.88 Å². The van der Waals surface area contributed by atoms with E-state index in [4.69, 9.17) is 23.2 Å². The van der Waals surface area contributed by atoms with Crippen LogP contribution in [0.2, 0.25) is 0 Å². The predicted molar refractivity (Wildman–Crippen MR) is 63.7 cm³/mol. The van der Waals surface area contributed by atoms with Gasteiger partial charge in [0.05, 0.1) is 0 Å². The lowest BCUT2D eigenvalue weighted by Crippen LogP contribution is -1.90. The highest BCUT2D eigenvalue weighted by atomic mass is 35.5. The van der Waals surface area contributed by atoms with Gasteiger partial charge in [-0.05, 0) is 40.1 Å². The van der Waals surface area contributed by atoms with Crippen LogP contribution in [0.4, 0.5) is 0 Å². The van der Waals surface area contributed by atoms with Crippen LogP contribution in [0.5, 0.6) is 0 Å². The van der Waals surface area contributed by atoms with Crippen molar-refractivity contribution in [2.24, 2.45) is 0 Å². The summed E-state index contributed by atoms with van der Waals surface area (Å²) in [7, 11) is 0. The summed E-state index contributed by atoms with van der Waals surface area (Å²) in [5, 5.41) is 1.61. The van der Waals surface area contributed by atoms with E-state index in [0.29, 0.717) is 11.4 Å². The first-order valence-corrected chi connectivity index (χ1v) is 5.41. The quantitative estimate of drug-likeness (QED) is 0.572. The van der Waals surface area contributed by atoms with Gasteiger partial charge in [0.15, 0.2) is 0 Å². The van der Waals surface area contributed by atoms with Gasteiger partial charge in [-0.15, -0.1) is 11.6 Å². The second kappa shape index (κ2) is 4.21. The van der Waals surface area contributed by atoms with Crippen molar-refractivity contribution in [1.82, 2.24) is 0 Å². The molecule has 3 heteroatoms. The minimum atomic E-state index is -0.443. The lowest BCUT2D eigenvalue weighted by molar-refractivity contribution is 0.108. The Balaban J connectivity index is 2.72. The maximum Gasteiger partial charge on any atom is 0.252 e. The van der Waals surface area contributed by atoms with Crippen LogP contribution in [0.15, 0.2) is 36.4 Å². The zero-order chi connectivity index (χ0) is 10.8. The van der Waals surface area contributed by atoms with Crippen molar-refractivity contribution in [1.29, 1.82) is 0 Å². The van der Waals surface area contributed by atoms with Gasteiger partial charge in [-0.25, -0.2) is 0 Å². The van der Waals surface area contributed by atoms with Gasteiger partial charge < -0.3 is 0 Å². The zero-order valence-electron chi connectivity index (χ0n) is 7.84. The van der Waals surface area contributed by atoms with Gasteiger partial charge in [0, 0.05) is 11.4 Å². The molecule has 0 fully saturated rings. The molecule has 2 rings (SSSR count). The number of rotatable bonds is 2. The molecule has 0 atom stereocenters. The summed E-state index contributed by atoms with van der Waals surface area (Å²) < 4.78 is 0. The zero-order valence-corrected chi connectivity index (χ0v) is 9.35. The summed E-state index contributed by atoms with van der Waals surface area (Å²) >= 11 is 11.2. The number of carbonyl (C=O) groups is 1. The summed E-state index contributed by atoms with van der Waals surface area (Å²) in [5.74, 6) is 0.428. The summed E-state index contributed by atoms with van der Waals surface area (Å²) in [6, 6.07) is 11.2. The molecule has 0 aliphatic carbocycles. The monoisotopic (exact) mass is 238 g/mol. The average molecular weight is 239 g/mol. The molecule has 2 aromatic carbocycles. The van der Waals surface area contributed by atoms with Crippen LogP contribution >= 0.6 is 23.2 Å². The van der Waals surface area contributed by atoms with E-state index < -0.39 is 5.24 Å². The Labute approximate surface area is 97.6 Å². The van der Waals surface area contributed by atoms with Crippen LogP contribution in [0.1, 0.15) is 15.9 Å². The molecule has 0 radical (unpaired) electrons. The fourth-order valence-corrected chi connectivity index (χ4v) is 1.93. The standard InChI is InChI=1S/C12H8Cl2O/c13-7-10-3-1-2-8-4-5-9(12(14)15)6-11(8)10/h1-6H,7H2. The molecule has 0 saturated carbocycles. The number of hydrogen-bond donors (Lipinski definition) is 0. The van der Waals surface area contributed by atoms with Gasteiger partial charge in [0.2, 0.25) is 0 Å². The molecule has 0 unspecified atom stereocenters. The smallest absolute Gasteiger partial charge is 0.252 e. The number of hydrogen-bond acceptors (Lipinski definition) is 1. The van der Waals surface area contributed by atoms with E-state index in [1.165, 1.54) is 0 Å². The molecule has 0 saturated heterocycles. The molecule has 0 aliphatic heterocycles. The van der Waals surface area contributed by atoms with Gasteiger partial charge in [-0.3, -0.25) is 4.79 Å². The minimum Gasteiger partial charge on any atom is -0.276 e. The first kappa shape index (κ1) is 10.5. The van der Waals surface area contributed by atoms with Gasteiger partial charge in [-0.2, -0.15) is 0 Å². The first-order chi connectivity index (χ1) is 7.22. The maximum absolute atomic E-state index is 11.0. The molecule has 0 N–H and O–H groups in total. The second-order valence-corrected chi connectivity index (χ2v) is 3.87. The van der Waals surface area contributed by atoms with Crippen molar-refractivity contribution in [3.63, 3.8) is 0 Å². The molecule has 76 valence electrons. The van der Waals surface area contributed by atoms with Crippen LogP contribution in [0.25, 0.3) is 10.8 Å². The fraction of sp³-hybridized carbons (Fsp3) is 0.0833. The van der Waals surface area contributed by atoms with E-state index in [1.807, 2.05) is 24.3 Å². The number of carbonyl (C=O) groups excluding carboxylic acids is 1. The number of benzene rings is 2. The topological polar surface area (TPSA) is 17.1 Å². The maximum atomic E-state index is 11.0. The molecule has 2 aromatic rings. The SMILES string of the molecule is O=C(Cl)c1ccc2cccc(CCl)c2c1. The van der Waals surface area contributed by atoms with Gasteiger partial charge in [0.25, 0.3) is 5.24 Å². The van der Waals surface area contributed by atoms with Crippen molar-refractivity contribution in [3.8, 4) is 0 Å². The Hall–Kier alpha value is -1.05. The molecule has 0 amide bonds. The van der Waals surface area contributed by atoms with E-state index in [9.17, 15) is 4.79 Å². The Morgan fingerprint density at radius 1 is 1.20 bits per heavy atom. The fourth-order valence-electron chi connectivity index (χ4n) is 1.58. The predicted octanol–water partition coefficient (Wildman–Crippen LogP) is 3.96. The summed E-state index contributed by atoms with van der Waals surface area (Å²) in [4.78, 5) is 11.0. The van der Waals surface area contributed by atoms with E-state index in [0.717, 1.165) is 16.3 Å². The Morgan fingerprint density at radius 2 is 2.00 bits per heavy atom. The summed E-state index contributed by atoms with van der Waals surface area (Å²) in [6.45, 7) is 0. The lowest BCUT2D eigenvalue weighted by Gasteiger charge is -2.04. The minimum absolute atomic E-state index is 0.428. The van der Waals surface area contributed by atoms with E-state index >= 15 is 0 Å². The van der Waals surface area contributed by atoms with Crippen LogP contribution in [-0.4, -0.2) is 5.24 Å². The molecule has 0 spiro atoms. The molecule has 15 heavy (non-hydrogen) atoms. The normalized spacial score (nSPS) is 10.5. The lowest BCUT2D eigenvalue weighted by atomic mass is 10.0. The molecule has 0 bridgehead atoms. The van der Waals surface area contributed by atoms with Gasteiger partial charge in [0.1, 0.15) is 0 Å². The summed E-state index contributed by atoms with van der Waals surface area (Å²) in [6.07, 6.45) is 0. The molecule has 0 heterocycles. The van der Waals surface area contributed by atoms with Gasteiger partial charge >= 0.3 is 0 Å². The third-order valence-corrected chi connectivity index (χ3v) is 2.85. The van der Waals surface area contributed by atoms with Crippen molar-refractivity contribution < 1.29 is 4.79 Å². The Kier molecular flexibility index (Phi) is 2.94. The Bertz CT molecular complexity index is 520. The van der Waals surface area contributed by atoms with E-state index in [2.05, 4.69) is 0 Å². The van der Waals surface area contributed by atoms with E-state index in [1.54, 1.807) is 12.1 Å². The van der Waals surface area contributed by atoms with Crippen LogP contribution in [0.3, 0.4) is 0 Å². The molecule has 0 aliphatic rings. The van der Waals surface area contributed by atoms with Gasteiger partial charge in [-0.1, -0.05) is 24.3 Å².